The first-order chi connectivity index (χ1) is 12.1. The fourth-order valence-corrected chi connectivity index (χ4v) is 3.02. The van der Waals surface area contributed by atoms with Crippen LogP contribution in [0.25, 0.3) is 11.0 Å². The Morgan fingerprint density at radius 3 is 2.96 bits per heavy atom. The number of amides is 1. The lowest BCUT2D eigenvalue weighted by atomic mass is 10.2. The first-order valence-corrected chi connectivity index (χ1v) is 8.45. The molecule has 2 heterocycles. The van der Waals surface area contributed by atoms with E-state index in [0.717, 1.165) is 16.6 Å². The molecule has 2 N–H and O–H groups in total. The van der Waals surface area contributed by atoms with Gasteiger partial charge in [0.2, 0.25) is 5.91 Å². The molecule has 25 heavy (non-hydrogen) atoms. The van der Waals surface area contributed by atoms with E-state index < -0.39 is 0 Å². The van der Waals surface area contributed by atoms with Crippen LogP contribution in [0.4, 0.5) is 5.69 Å². The molecule has 3 aromatic rings. The number of thioether (sulfide) groups is 1. The molecule has 0 bridgehead atoms. The molecule has 0 spiro atoms. The molecule has 0 radical (unpaired) electrons. The summed E-state index contributed by atoms with van der Waals surface area (Å²) in [5.41, 5.74) is 3.59. The lowest BCUT2D eigenvalue weighted by molar-refractivity contribution is -0.113. The Hall–Kier alpha value is -2.87. The van der Waals surface area contributed by atoms with Crippen molar-refractivity contribution >= 4 is 40.7 Å². The van der Waals surface area contributed by atoms with Gasteiger partial charge in [-0.15, -0.1) is 0 Å². The average molecular weight is 356 g/mol. The molecule has 1 amide bonds. The van der Waals surface area contributed by atoms with Gasteiger partial charge in [-0.2, -0.15) is 0 Å². The third-order valence-corrected chi connectivity index (χ3v) is 4.41. The Morgan fingerprint density at radius 1 is 1.40 bits per heavy atom. The second kappa shape index (κ2) is 7.35. The van der Waals surface area contributed by atoms with Crippen molar-refractivity contribution < 1.29 is 14.3 Å². The van der Waals surface area contributed by atoms with Gasteiger partial charge in [-0.25, -0.2) is 4.98 Å². The maximum atomic E-state index is 12.1. The topological polar surface area (TPSA) is 97.0 Å². The van der Waals surface area contributed by atoms with Crippen LogP contribution >= 0.6 is 11.8 Å². The number of imidazole rings is 1. The molecule has 0 atom stereocenters. The van der Waals surface area contributed by atoms with Gasteiger partial charge in [0.25, 0.3) is 0 Å². The third-order valence-electron chi connectivity index (χ3n) is 3.54. The van der Waals surface area contributed by atoms with Crippen molar-refractivity contribution in [2.24, 2.45) is 0 Å². The van der Waals surface area contributed by atoms with E-state index >= 15 is 0 Å². The van der Waals surface area contributed by atoms with Gasteiger partial charge in [0, 0.05) is 11.9 Å². The van der Waals surface area contributed by atoms with Crippen molar-refractivity contribution in [1.29, 1.82) is 0 Å². The third kappa shape index (κ3) is 3.80. The summed E-state index contributed by atoms with van der Waals surface area (Å²) < 4.78 is 5.07. The Bertz CT molecular complexity index is 939. The number of benzene rings is 1. The molecule has 128 valence electrons. The van der Waals surface area contributed by atoms with Crippen LogP contribution in [0.1, 0.15) is 15.9 Å². The second-order valence-corrected chi connectivity index (χ2v) is 6.27. The van der Waals surface area contributed by atoms with Crippen LogP contribution < -0.4 is 10.1 Å². The van der Waals surface area contributed by atoms with Crippen LogP contribution in [-0.4, -0.2) is 40.0 Å². The molecular formula is C17H16N4O3S. The minimum Gasteiger partial charge on any atom is -0.496 e. The average Bonchev–Trinajstić information content (AvgIpc) is 3.04. The van der Waals surface area contributed by atoms with E-state index in [9.17, 15) is 9.59 Å². The highest BCUT2D eigenvalue weighted by molar-refractivity contribution is 7.99. The highest BCUT2D eigenvalue weighted by Gasteiger charge is 2.10. The number of nitrogens with zero attached hydrogens (tertiary/aromatic N) is 2. The minimum absolute atomic E-state index is 0.189. The first kappa shape index (κ1) is 17.0. The van der Waals surface area contributed by atoms with Gasteiger partial charge in [0.1, 0.15) is 5.75 Å². The molecule has 2 aromatic heterocycles. The smallest absolute Gasteiger partial charge is 0.234 e. The van der Waals surface area contributed by atoms with Gasteiger partial charge in [0.05, 0.1) is 35.7 Å². The fraction of sp³-hybridized carbons (Fsp3) is 0.176. The summed E-state index contributed by atoms with van der Waals surface area (Å²) in [4.78, 5) is 34.9. The summed E-state index contributed by atoms with van der Waals surface area (Å²) in [5.74, 6) is 0.463. The summed E-state index contributed by atoms with van der Waals surface area (Å²) >= 11 is 1.30. The molecule has 0 fully saturated rings. The normalized spacial score (nSPS) is 10.6. The SMILES string of the molecule is COc1ccc(NC(=O)CSc2nc3c(C)cncc3[nH]2)cc1C=O. The van der Waals surface area contributed by atoms with E-state index in [1.54, 1.807) is 30.6 Å². The molecule has 7 nitrogen and oxygen atoms in total. The number of aldehydes is 1. The van der Waals surface area contributed by atoms with E-state index in [-0.39, 0.29) is 11.7 Å². The number of rotatable bonds is 6. The van der Waals surface area contributed by atoms with E-state index in [1.807, 2.05) is 6.92 Å². The number of carbonyl (C=O) groups is 2. The number of aromatic nitrogens is 3. The molecule has 8 heteroatoms. The predicted molar refractivity (Wildman–Crippen MR) is 96.4 cm³/mol. The summed E-state index contributed by atoms with van der Waals surface area (Å²) in [6, 6.07) is 4.90. The largest absolute Gasteiger partial charge is 0.496 e. The highest BCUT2D eigenvalue weighted by Crippen LogP contribution is 2.23. The highest BCUT2D eigenvalue weighted by atomic mass is 32.2. The van der Waals surface area contributed by atoms with E-state index in [1.165, 1.54) is 18.9 Å². The van der Waals surface area contributed by atoms with Crippen LogP contribution in [0.3, 0.4) is 0 Å². The number of aryl methyl sites for hydroxylation is 1. The zero-order valence-corrected chi connectivity index (χ0v) is 14.5. The monoisotopic (exact) mass is 356 g/mol. The standard InChI is InChI=1S/C17H16N4O3S/c1-10-6-18-7-13-16(10)21-17(20-13)25-9-15(23)19-12-3-4-14(24-2)11(5-12)8-22/h3-8H,9H2,1-2H3,(H,19,23)(H,20,21). The van der Waals surface area contributed by atoms with Gasteiger partial charge < -0.3 is 15.0 Å². The first-order valence-electron chi connectivity index (χ1n) is 7.47. The van der Waals surface area contributed by atoms with E-state index in [2.05, 4.69) is 20.3 Å². The van der Waals surface area contributed by atoms with Crippen LogP contribution in [0, 0.1) is 6.92 Å². The Kier molecular flexibility index (Phi) is 4.99. The van der Waals surface area contributed by atoms with Gasteiger partial charge in [-0.1, -0.05) is 11.8 Å². The molecular weight excluding hydrogens is 340 g/mol. The Labute approximate surface area is 148 Å². The Morgan fingerprint density at radius 2 is 2.24 bits per heavy atom. The van der Waals surface area contributed by atoms with Crippen molar-refractivity contribution in [2.45, 2.75) is 12.1 Å². The van der Waals surface area contributed by atoms with Crippen molar-refractivity contribution in [1.82, 2.24) is 15.0 Å². The number of hydrogen-bond acceptors (Lipinski definition) is 6. The molecule has 0 saturated carbocycles. The number of fused-ring (bicyclic) bond motifs is 1. The summed E-state index contributed by atoms with van der Waals surface area (Å²) in [7, 11) is 1.49. The zero-order valence-electron chi connectivity index (χ0n) is 13.7. The summed E-state index contributed by atoms with van der Waals surface area (Å²) in [5, 5.41) is 3.41. The number of methoxy groups -OCH3 is 1. The number of H-pyrrole nitrogens is 1. The van der Waals surface area contributed by atoms with Crippen molar-refractivity contribution in [2.75, 3.05) is 18.2 Å². The number of hydrogen-bond donors (Lipinski definition) is 2. The maximum absolute atomic E-state index is 12.1. The molecule has 0 unspecified atom stereocenters. The van der Waals surface area contributed by atoms with Crippen LogP contribution in [-0.2, 0) is 4.79 Å². The number of carbonyl (C=O) groups excluding carboxylic acids is 2. The summed E-state index contributed by atoms with van der Waals surface area (Å²) in [6.45, 7) is 1.94. The number of nitrogens with one attached hydrogen (secondary N) is 2. The van der Waals surface area contributed by atoms with Crippen LogP contribution in [0.5, 0.6) is 5.75 Å². The van der Waals surface area contributed by atoms with Gasteiger partial charge in [-0.05, 0) is 30.7 Å². The van der Waals surface area contributed by atoms with Gasteiger partial charge >= 0.3 is 0 Å². The minimum atomic E-state index is -0.192. The second-order valence-electron chi connectivity index (χ2n) is 5.31. The maximum Gasteiger partial charge on any atom is 0.234 e. The predicted octanol–water partition coefficient (Wildman–Crippen LogP) is 2.82. The van der Waals surface area contributed by atoms with E-state index in [4.69, 9.17) is 4.74 Å². The molecule has 0 aliphatic carbocycles. The van der Waals surface area contributed by atoms with Crippen molar-refractivity contribution in [3.05, 3.63) is 41.7 Å². The molecule has 0 aliphatic rings. The zero-order chi connectivity index (χ0) is 17.8. The molecule has 3 rings (SSSR count). The number of anilines is 1. The van der Waals surface area contributed by atoms with Crippen molar-refractivity contribution in [3.8, 4) is 5.75 Å². The van der Waals surface area contributed by atoms with Crippen LogP contribution in [0.15, 0.2) is 35.7 Å². The molecule has 1 aromatic carbocycles. The van der Waals surface area contributed by atoms with Gasteiger partial charge in [-0.3, -0.25) is 14.6 Å². The summed E-state index contributed by atoms with van der Waals surface area (Å²) in [6.07, 6.45) is 4.14. The quantitative estimate of drug-likeness (QED) is 0.521. The molecule has 0 aliphatic heterocycles. The number of aromatic amines is 1. The van der Waals surface area contributed by atoms with Crippen molar-refractivity contribution in [3.63, 3.8) is 0 Å². The lowest BCUT2D eigenvalue weighted by Crippen LogP contribution is -2.14. The molecule has 0 saturated heterocycles. The number of ether oxygens (including phenoxy) is 1. The fourth-order valence-electron chi connectivity index (χ4n) is 2.35. The lowest BCUT2D eigenvalue weighted by Gasteiger charge is -2.08. The number of pyridine rings is 1. The Balaban J connectivity index is 1.64. The van der Waals surface area contributed by atoms with Crippen LogP contribution in [0.2, 0.25) is 0 Å². The van der Waals surface area contributed by atoms with Gasteiger partial charge in [0.15, 0.2) is 11.4 Å². The van der Waals surface area contributed by atoms with E-state index in [0.29, 0.717) is 28.4 Å².